The molecule has 2 saturated heterocycles. The van der Waals surface area contributed by atoms with Gasteiger partial charge in [0.15, 0.2) is 0 Å². The number of likely N-dealkylation sites (tertiary alicyclic amines) is 1. The number of ether oxygens (including phenoxy) is 1. The van der Waals surface area contributed by atoms with Crippen LogP contribution < -0.4 is 0 Å². The number of piperidine rings is 1. The van der Waals surface area contributed by atoms with Gasteiger partial charge in [-0.05, 0) is 19.8 Å². The summed E-state index contributed by atoms with van der Waals surface area (Å²) in [5.74, 6) is 5.80. The van der Waals surface area contributed by atoms with Crippen LogP contribution in [-0.2, 0) is 4.74 Å². The van der Waals surface area contributed by atoms with Gasteiger partial charge < -0.3 is 9.84 Å². The Hall–Kier alpha value is -1.32. The zero-order valence-electron chi connectivity index (χ0n) is 11.8. The Kier molecular flexibility index (Phi) is 4.84. The van der Waals surface area contributed by atoms with Gasteiger partial charge in [-0.2, -0.15) is 0 Å². The van der Waals surface area contributed by atoms with Crippen LogP contribution in [0.5, 0.6) is 0 Å². The number of hydrogen-bond acceptors (Lipinski definition) is 3. The minimum Gasteiger partial charge on any atom is -0.465 e. The van der Waals surface area contributed by atoms with Crippen molar-refractivity contribution in [1.82, 2.24) is 9.80 Å². The summed E-state index contributed by atoms with van der Waals surface area (Å²) in [6.45, 7) is 3.94. The lowest BCUT2D eigenvalue weighted by Gasteiger charge is -2.48. The molecule has 6 heteroatoms. The average molecular weight is 284 g/mol. The highest BCUT2D eigenvalue weighted by Gasteiger charge is 2.43. The van der Waals surface area contributed by atoms with Crippen LogP contribution in [0.1, 0.15) is 19.8 Å². The van der Waals surface area contributed by atoms with E-state index in [0.717, 1.165) is 0 Å². The van der Waals surface area contributed by atoms with Crippen molar-refractivity contribution < 1.29 is 19.0 Å². The van der Waals surface area contributed by atoms with E-state index in [0.29, 0.717) is 39.0 Å². The lowest BCUT2D eigenvalue weighted by atomic mass is 9.82. The normalized spacial score (nSPS) is 30.9. The third-order valence-electron chi connectivity index (χ3n) is 4.02. The van der Waals surface area contributed by atoms with Crippen molar-refractivity contribution in [1.29, 1.82) is 0 Å². The van der Waals surface area contributed by atoms with Crippen molar-refractivity contribution in [2.24, 2.45) is 5.92 Å². The molecule has 2 rings (SSSR count). The minimum absolute atomic E-state index is 0.0567. The third-order valence-corrected chi connectivity index (χ3v) is 4.02. The number of carbonyl (C=O) groups is 1. The molecule has 5 nitrogen and oxygen atoms in total. The molecule has 0 bridgehead atoms. The quantitative estimate of drug-likeness (QED) is 0.779. The topological polar surface area (TPSA) is 53.0 Å². The summed E-state index contributed by atoms with van der Waals surface area (Å²) in [5, 5.41) is 8.95. The predicted molar refractivity (Wildman–Crippen MR) is 72.0 cm³/mol. The number of nitrogens with zero attached hydrogens (tertiary/aromatic N) is 2. The van der Waals surface area contributed by atoms with Gasteiger partial charge in [-0.1, -0.05) is 5.92 Å². The Labute approximate surface area is 118 Å². The van der Waals surface area contributed by atoms with E-state index in [4.69, 9.17) is 9.84 Å². The molecule has 2 heterocycles. The van der Waals surface area contributed by atoms with Gasteiger partial charge in [-0.15, -0.1) is 5.92 Å². The van der Waals surface area contributed by atoms with E-state index in [1.54, 1.807) is 6.92 Å². The number of alkyl halides is 1. The maximum Gasteiger partial charge on any atom is 0.409 e. The van der Waals surface area contributed by atoms with Crippen molar-refractivity contribution in [2.75, 3.05) is 39.6 Å². The van der Waals surface area contributed by atoms with Gasteiger partial charge in [0.2, 0.25) is 0 Å². The van der Waals surface area contributed by atoms with Gasteiger partial charge in [-0.25, -0.2) is 4.79 Å². The average Bonchev–Trinajstić information content (AvgIpc) is 2.45. The largest absolute Gasteiger partial charge is 0.465 e. The van der Waals surface area contributed by atoms with E-state index in [2.05, 4.69) is 16.7 Å². The smallest absolute Gasteiger partial charge is 0.409 e. The molecule has 112 valence electrons. The van der Waals surface area contributed by atoms with Gasteiger partial charge >= 0.3 is 6.09 Å². The molecule has 2 unspecified atom stereocenters. The fourth-order valence-electron chi connectivity index (χ4n) is 3.03. The Bertz CT molecular complexity index is 410. The van der Waals surface area contributed by atoms with Crippen molar-refractivity contribution in [3.05, 3.63) is 0 Å². The zero-order valence-corrected chi connectivity index (χ0v) is 11.8. The number of hydrogen-bond donors (Lipinski definition) is 1. The first-order chi connectivity index (χ1) is 9.58. The van der Waals surface area contributed by atoms with Crippen molar-refractivity contribution in [3.63, 3.8) is 0 Å². The van der Waals surface area contributed by atoms with Gasteiger partial charge in [0.25, 0.3) is 0 Å². The summed E-state index contributed by atoms with van der Waals surface area (Å²) in [6, 6.07) is 0. The highest BCUT2D eigenvalue weighted by atomic mass is 19.1. The monoisotopic (exact) mass is 284 g/mol. The molecule has 0 aromatic carbocycles. The maximum atomic E-state index is 13.1. The van der Waals surface area contributed by atoms with Gasteiger partial charge in [-0.3, -0.25) is 14.2 Å². The molecule has 0 radical (unpaired) electrons. The number of halogens is 1. The molecule has 2 aliphatic heterocycles. The number of rotatable bonds is 2. The summed E-state index contributed by atoms with van der Waals surface area (Å²) in [4.78, 5) is 14.3. The molecular weight excluding hydrogens is 263 g/mol. The molecule has 2 aliphatic rings. The summed E-state index contributed by atoms with van der Waals surface area (Å²) in [7, 11) is 0. The van der Waals surface area contributed by atoms with Crippen LogP contribution in [0.3, 0.4) is 0 Å². The van der Waals surface area contributed by atoms with Crippen LogP contribution >= 0.6 is 0 Å². The van der Waals surface area contributed by atoms with E-state index in [9.17, 15) is 9.18 Å². The van der Waals surface area contributed by atoms with Crippen LogP contribution in [0, 0.1) is 17.8 Å². The molecule has 0 aromatic rings. The molecule has 1 N–H and O–H groups in total. The molecule has 0 aromatic heterocycles. The second-order valence-electron chi connectivity index (χ2n) is 5.57. The van der Waals surface area contributed by atoms with Crippen molar-refractivity contribution >= 4 is 6.09 Å². The lowest BCUT2D eigenvalue weighted by Crippen LogP contribution is -2.58. The minimum atomic E-state index is -0.966. The third kappa shape index (κ3) is 3.41. The van der Waals surface area contributed by atoms with Gasteiger partial charge in [0.05, 0.1) is 18.8 Å². The fraction of sp³-hybridized carbons (Fsp3) is 0.786. The summed E-state index contributed by atoms with van der Waals surface area (Å²) in [6.07, 6.45) is 0.310. The summed E-state index contributed by atoms with van der Waals surface area (Å²) >= 11 is 0. The van der Waals surface area contributed by atoms with E-state index < -0.39 is 11.7 Å². The molecule has 1 spiro atoms. The van der Waals surface area contributed by atoms with Gasteiger partial charge in [0, 0.05) is 25.6 Å². The Morgan fingerprint density at radius 3 is 2.95 bits per heavy atom. The Morgan fingerprint density at radius 1 is 1.60 bits per heavy atom. The molecule has 0 saturated carbocycles. The first-order valence-electron chi connectivity index (χ1n) is 6.88. The standard InChI is InChI=1S/C14H21FN2O3/c1-2-3-5-16-9-12(8-15)7-14(10-16)4-6-17(11-20-14)13(18)19/h12H,4-11H2,1H3,(H,18,19). The van der Waals surface area contributed by atoms with E-state index >= 15 is 0 Å². The summed E-state index contributed by atoms with van der Waals surface area (Å²) in [5.41, 5.74) is -0.420. The van der Waals surface area contributed by atoms with E-state index in [1.807, 2.05) is 0 Å². The van der Waals surface area contributed by atoms with Crippen LogP contribution in [-0.4, -0.2) is 66.2 Å². The van der Waals surface area contributed by atoms with Crippen LogP contribution in [0.2, 0.25) is 0 Å². The Morgan fingerprint density at radius 2 is 2.40 bits per heavy atom. The number of amides is 1. The van der Waals surface area contributed by atoms with Crippen LogP contribution in [0.15, 0.2) is 0 Å². The summed E-state index contributed by atoms with van der Waals surface area (Å²) < 4.78 is 18.9. The van der Waals surface area contributed by atoms with Crippen LogP contribution in [0.4, 0.5) is 9.18 Å². The van der Waals surface area contributed by atoms with Gasteiger partial charge in [0.1, 0.15) is 6.73 Å². The van der Waals surface area contributed by atoms with E-state index in [-0.39, 0.29) is 19.3 Å². The predicted octanol–water partition coefficient (Wildman–Crippen LogP) is 1.40. The molecular formula is C14H21FN2O3. The second-order valence-corrected chi connectivity index (χ2v) is 5.57. The zero-order chi connectivity index (χ0) is 14.6. The molecule has 1 amide bonds. The highest BCUT2D eigenvalue weighted by Crippen LogP contribution is 2.34. The highest BCUT2D eigenvalue weighted by molar-refractivity contribution is 5.64. The fourth-order valence-corrected chi connectivity index (χ4v) is 3.03. The molecule has 20 heavy (non-hydrogen) atoms. The first-order valence-corrected chi connectivity index (χ1v) is 6.88. The molecule has 0 aliphatic carbocycles. The molecule has 2 fully saturated rings. The SMILES string of the molecule is CC#CCN1CC(CF)CC2(CCN(C(=O)O)CO2)C1. The maximum absolute atomic E-state index is 13.1. The lowest BCUT2D eigenvalue weighted by molar-refractivity contribution is -0.164. The molecule has 2 atom stereocenters. The number of carboxylic acid groups (broad SMARTS) is 1. The second kappa shape index (κ2) is 6.42. The van der Waals surface area contributed by atoms with Crippen molar-refractivity contribution in [3.8, 4) is 11.8 Å². The van der Waals surface area contributed by atoms with E-state index in [1.165, 1.54) is 4.90 Å². The Balaban J connectivity index is 2.01. The first kappa shape index (κ1) is 15.1. The van der Waals surface area contributed by atoms with Crippen LogP contribution in [0.25, 0.3) is 0 Å². The van der Waals surface area contributed by atoms with Crippen molar-refractivity contribution in [2.45, 2.75) is 25.4 Å².